The number of carbonyl (C=O) groups excluding carboxylic acids is 1. The number of nitrogens with zero attached hydrogens (tertiary/aromatic N) is 1. The largest absolute Gasteiger partial charge is 0.354 e. The van der Waals surface area contributed by atoms with Gasteiger partial charge in [-0.2, -0.15) is 0 Å². The van der Waals surface area contributed by atoms with Crippen LogP contribution < -0.4 is 5.32 Å². The van der Waals surface area contributed by atoms with Crippen LogP contribution in [0.15, 0.2) is 23.1 Å². The van der Waals surface area contributed by atoms with Crippen molar-refractivity contribution in [1.29, 1.82) is 0 Å². The van der Waals surface area contributed by atoms with Gasteiger partial charge in [0.1, 0.15) is 0 Å². The zero-order chi connectivity index (χ0) is 16.3. The minimum Gasteiger partial charge on any atom is -0.354 e. The van der Waals surface area contributed by atoms with Crippen LogP contribution in [0.3, 0.4) is 0 Å². The molecule has 1 fully saturated rings. The van der Waals surface area contributed by atoms with Gasteiger partial charge in [0.15, 0.2) is 0 Å². The first-order chi connectivity index (χ1) is 10.4. The minimum absolute atomic E-state index is 0.0251. The molecule has 2 atom stereocenters. The summed E-state index contributed by atoms with van der Waals surface area (Å²) in [6, 6.07) is 6.34. The minimum atomic E-state index is -0.214. The van der Waals surface area contributed by atoms with Gasteiger partial charge in [0.05, 0.1) is 10.3 Å². The van der Waals surface area contributed by atoms with Gasteiger partial charge in [0, 0.05) is 28.5 Å². The van der Waals surface area contributed by atoms with E-state index in [-0.39, 0.29) is 11.2 Å². The first-order valence-corrected chi connectivity index (χ1v) is 9.13. The van der Waals surface area contributed by atoms with Crippen molar-refractivity contribution in [2.75, 3.05) is 13.6 Å². The highest BCUT2D eigenvalue weighted by Crippen LogP contribution is 2.32. The van der Waals surface area contributed by atoms with Crippen molar-refractivity contribution < 1.29 is 4.79 Å². The molecule has 1 aliphatic rings. The Kier molecular flexibility index (Phi) is 6.45. The molecule has 0 aromatic heterocycles. The topological polar surface area (TPSA) is 32.3 Å². The van der Waals surface area contributed by atoms with Gasteiger partial charge in [-0.3, -0.25) is 9.69 Å². The molecule has 0 radical (unpaired) electrons. The van der Waals surface area contributed by atoms with Crippen molar-refractivity contribution in [1.82, 2.24) is 10.2 Å². The zero-order valence-corrected chi connectivity index (χ0v) is 15.4. The molecule has 1 aliphatic carbocycles. The predicted octanol–water partition coefficient (Wildman–Crippen LogP) is 4.07. The van der Waals surface area contributed by atoms with Crippen LogP contribution in [0.2, 0.25) is 10.0 Å². The Morgan fingerprint density at radius 2 is 2.09 bits per heavy atom. The predicted molar refractivity (Wildman–Crippen MR) is 95.0 cm³/mol. The van der Waals surface area contributed by atoms with Crippen LogP contribution in [0.5, 0.6) is 0 Å². The van der Waals surface area contributed by atoms with E-state index in [4.69, 9.17) is 23.2 Å². The maximum absolute atomic E-state index is 12.2. The number of carbonyl (C=O) groups is 1. The summed E-state index contributed by atoms with van der Waals surface area (Å²) in [4.78, 5) is 15.4. The summed E-state index contributed by atoms with van der Waals surface area (Å²) in [5.41, 5.74) is 0. The molecule has 1 amide bonds. The molecule has 0 aliphatic heterocycles. The Balaban J connectivity index is 1.82. The number of hydrogen-bond donors (Lipinski definition) is 1. The van der Waals surface area contributed by atoms with Crippen LogP contribution in [0.4, 0.5) is 0 Å². The van der Waals surface area contributed by atoms with E-state index < -0.39 is 0 Å². The van der Waals surface area contributed by atoms with E-state index in [1.807, 2.05) is 6.92 Å². The molecule has 2 rings (SSSR count). The van der Waals surface area contributed by atoms with E-state index in [0.717, 1.165) is 4.90 Å². The Labute approximate surface area is 146 Å². The smallest absolute Gasteiger partial charge is 0.233 e. The van der Waals surface area contributed by atoms with E-state index in [0.29, 0.717) is 28.7 Å². The molecular weight excluding hydrogens is 339 g/mol. The number of amides is 1. The molecule has 0 saturated heterocycles. The second-order valence-electron chi connectivity index (χ2n) is 5.83. The average Bonchev–Trinajstić information content (AvgIpc) is 3.31. The normalized spacial score (nSPS) is 17.4. The van der Waals surface area contributed by atoms with Crippen LogP contribution in [-0.2, 0) is 4.79 Å². The lowest BCUT2D eigenvalue weighted by atomic mass is 10.3. The van der Waals surface area contributed by atoms with Gasteiger partial charge in [-0.25, -0.2) is 0 Å². The van der Waals surface area contributed by atoms with E-state index in [2.05, 4.69) is 24.2 Å². The van der Waals surface area contributed by atoms with Crippen molar-refractivity contribution in [3.05, 3.63) is 28.2 Å². The lowest BCUT2D eigenvalue weighted by Crippen LogP contribution is -2.43. The molecule has 22 heavy (non-hydrogen) atoms. The summed E-state index contributed by atoms with van der Waals surface area (Å²) >= 11 is 13.5. The van der Waals surface area contributed by atoms with Crippen LogP contribution >= 0.6 is 35.0 Å². The van der Waals surface area contributed by atoms with Crippen molar-refractivity contribution in [3.8, 4) is 0 Å². The number of nitrogens with one attached hydrogen (secondary N) is 1. The monoisotopic (exact) mass is 360 g/mol. The Morgan fingerprint density at radius 1 is 1.41 bits per heavy atom. The van der Waals surface area contributed by atoms with Gasteiger partial charge in [-0.05, 0) is 51.9 Å². The highest BCUT2D eigenvalue weighted by molar-refractivity contribution is 8.00. The van der Waals surface area contributed by atoms with Gasteiger partial charge in [-0.15, -0.1) is 11.8 Å². The van der Waals surface area contributed by atoms with Crippen LogP contribution in [-0.4, -0.2) is 41.7 Å². The quantitative estimate of drug-likeness (QED) is 0.743. The number of halogens is 2. The summed E-state index contributed by atoms with van der Waals surface area (Å²) in [5.74, 6) is 0.0251. The van der Waals surface area contributed by atoms with E-state index in [1.54, 1.807) is 18.2 Å². The Morgan fingerprint density at radius 3 is 2.73 bits per heavy atom. The average molecular weight is 361 g/mol. The van der Waals surface area contributed by atoms with Crippen LogP contribution in [0.1, 0.15) is 26.7 Å². The first kappa shape index (κ1) is 17.9. The molecule has 0 bridgehead atoms. The van der Waals surface area contributed by atoms with Gasteiger partial charge in [0.2, 0.25) is 5.91 Å². The molecule has 122 valence electrons. The van der Waals surface area contributed by atoms with Crippen LogP contribution in [0.25, 0.3) is 0 Å². The Hall–Kier alpha value is -0.420. The molecule has 6 heteroatoms. The van der Waals surface area contributed by atoms with Crippen molar-refractivity contribution >= 4 is 40.9 Å². The van der Waals surface area contributed by atoms with Crippen LogP contribution in [0, 0.1) is 0 Å². The number of thioether (sulfide) groups is 1. The summed E-state index contributed by atoms with van der Waals surface area (Å²) in [6.45, 7) is 4.69. The van der Waals surface area contributed by atoms with E-state index >= 15 is 0 Å². The van der Waals surface area contributed by atoms with Gasteiger partial charge in [-0.1, -0.05) is 23.2 Å². The molecule has 3 nitrogen and oxygen atoms in total. The highest BCUT2D eigenvalue weighted by atomic mass is 35.5. The molecular formula is C16H22Cl2N2OS. The fourth-order valence-corrected chi connectivity index (χ4v) is 3.62. The van der Waals surface area contributed by atoms with Gasteiger partial charge in [0.25, 0.3) is 0 Å². The van der Waals surface area contributed by atoms with Gasteiger partial charge < -0.3 is 5.32 Å². The lowest BCUT2D eigenvalue weighted by Gasteiger charge is -2.25. The summed E-state index contributed by atoms with van der Waals surface area (Å²) in [7, 11) is 2.12. The SMILES string of the molecule is CC(Sc1cc(Cl)ccc1Cl)C(=O)NCC(C)N(C)C1CC1. The standard InChI is InChI=1S/C16H22Cl2N2OS/c1-10(20(3)13-5-6-13)9-19-16(21)11(2)22-15-8-12(17)4-7-14(15)18/h4,7-8,10-11,13H,5-6,9H2,1-3H3,(H,19,21). The molecule has 0 heterocycles. The first-order valence-electron chi connectivity index (χ1n) is 7.50. The molecule has 1 aromatic rings. The fourth-order valence-electron chi connectivity index (χ4n) is 2.19. The Bertz CT molecular complexity index is 537. The molecule has 1 aromatic carbocycles. The second-order valence-corrected chi connectivity index (χ2v) is 8.05. The van der Waals surface area contributed by atoms with Gasteiger partial charge >= 0.3 is 0 Å². The maximum Gasteiger partial charge on any atom is 0.233 e. The third-order valence-corrected chi connectivity index (χ3v) is 5.79. The fraction of sp³-hybridized carbons (Fsp3) is 0.562. The molecule has 0 spiro atoms. The number of hydrogen-bond acceptors (Lipinski definition) is 3. The van der Waals surface area contributed by atoms with Crippen molar-refractivity contribution in [2.24, 2.45) is 0 Å². The summed E-state index contributed by atoms with van der Waals surface area (Å²) < 4.78 is 0. The summed E-state index contributed by atoms with van der Waals surface area (Å²) in [5, 5.41) is 4.05. The van der Waals surface area contributed by atoms with Crippen molar-refractivity contribution in [2.45, 2.75) is 48.9 Å². The number of rotatable bonds is 7. The number of likely N-dealkylation sites (N-methyl/N-ethyl adjacent to an activating group) is 1. The van der Waals surface area contributed by atoms with Crippen molar-refractivity contribution in [3.63, 3.8) is 0 Å². The zero-order valence-electron chi connectivity index (χ0n) is 13.1. The maximum atomic E-state index is 12.2. The summed E-state index contributed by atoms with van der Waals surface area (Å²) in [6.07, 6.45) is 2.54. The molecule has 1 saturated carbocycles. The molecule has 1 N–H and O–H groups in total. The lowest BCUT2D eigenvalue weighted by molar-refractivity contribution is -0.120. The van der Waals surface area contributed by atoms with E-state index in [1.165, 1.54) is 24.6 Å². The number of benzene rings is 1. The third kappa shape index (κ3) is 5.05. The third-order valence-electron chi connectivity index (χ3n) is 3.96. The highest BCUT2D eigenvalue weighted by Gasteiger charge is 2.29. The second kappa shape index (κ2) is 7.91. The van der Waals surface area contributed by atoms with E-state index in [9.17, 15) is 4.79 Å². The molecule has 2 unspecified atom stereocenters.